The van der Waals surface area contributed by atoms with E-state index in [0.29, 0.717) is 17.8 Å². The number of fused-ring (bicyclic) bond motifs is 1. The number of piperidine rings is 1. The second kappa shape index (κ2) is 8.02. The van der Waals surface area contributed by atoms with Gasteiger partial charge in [0.2, 0.25) is 5.91 Å². The van der Waals surface area contributed by atoms with Crippen molar-refractivity contribution in [3.8, 4) is 11.4 Å². The molecule has 1 aromatic heterocycles. The Morgan fingerprint density at radius 2 is 1.86 bits per heavy atom. The maximum atomic E-state index is 12.2. The van der Waals surface area contributed by atoms with E-state index >= 15 is 0 Å². The molecule has 1 aliphatic heterocycles. The van der Waals surface area contributed by atoms with Crippen LogP contribution in [0.4, 0.5) is 5.69 Å². The molecule has 1 aliphatic rings. The minimum atomic E-state index is 0.0307. The van der Waals surface area contributed by atoms with Gasteiger partial charge in [-0.15, -0.1) is 0 Å². The minimum absolute atomic E-state index is 0.0307. The molecule has 3 aromatic rings. The number of benzene rings is 2. The highest BCUT2D eigenvalue weighted by Gasteiger charge is 2.14. The smallest absolute Gasteiger partial charge is 0.225 e. The molecule has 6 nitrogen and oxygen atoms in total. The van der Waals surface area contributed by atoms with Gasteiger partial charge in [-0.05, 0) is 74.8 Å². The summed E-state index contributed by atoms with van der Waals surface area (Å²) in [5.74, 6) is 0.520. The van der Waals surface area contributed by atoms with Crippen molar-refractivity contribution in [2.24, 2.45) is 0 Å². The molecule has 1 saturated heterocycles. The predicted molar refractivity (Wildman–Crippen MR) is 111 cm³/mol. The number of nitrogens with one attached hydrogen (secondary N) is 1. The van der Waals surface area contributed by atoms with E-state index in [0.717, 1.165) is 46.7 Å². The van der Waals surface area contributed by atoms with Gasteiger partial charge < -0.3 is 15.4 Å². The van der Waals surface area contributed by atoms with Crippen molar-refractivity contribution in [2.75, 3.05) is 25.0 Å². The van der Waals surface area contributed by atoms with E-state index in [1.807, 2.05) is 49.4 Å². The van der Waals surface area contributed by atoms with E-state index in [1.54, 1.807) is 0 Å². The average molecular weight is 378 g/mol. The first kappa shape index (κ1) is 18.5. The topological polar surface area (TPSA) is 70.4 Å². The van der Waals surface area contributed by atoms with Crippen molar-refractivity contribution in [3.63, 3.8) is 0 Å². The Morgan fingerprint density at radius 1 is 1.11 bits per heavy atom. The third-order valence-corrected chi connectivity index (χ3v) is 5.32. The fourth-order valence-corrected chi connectivity index (χ4v) is 3.73. The first-order valence-electron chi connectivity index (χ1n) is 9.91. The molecule has 2 heterocycles. The second-order valence-corrected chi connectivity index (χ2v) is 7.52. The molecule has 6 heteroatoms. The summed E-state index contributed by atoms with van der Waals surface area (Å²) in [5.41, 5.74) is 4.05. The van der Waals surface area contributed by atoms with Crippen LogP contribution >= 0.6 is 0 Å². The molecule has 1 amide bonds. The molecule has 0 bridgehead atoms. The number of carbonyl (C=O) groups excluding carboxylic acids is 1. The van der Waals surface area contributed by atoms with Crippen LogP contribution in [0, 0.1) is 6.92 Å². The van der Waals surface area contributed by atoms with Gasteiger partial charge in [0.25, 0.3) is 0 Å². The van der Waals surface area contributed by atoms with Gasteiger partial charge in [0.1, 0.15) is 5.52 Å². The summed E-state index contributed by atoms with van der Waals surface area (Å²) in [4.78, 5) is 19.1. The third-order valence-electron chi connectivity index (χ3n) is 5.32. The number of imidazole rings is 1. The Labute approximate surface area is 164 Å². The molecule has 2 N–H and O–H groups in total. The fourth-order valence-electron chi connectivity index (χ4n) is 3.73. The van der Waals surface area contributed by atoms with Crippen molar-refractivity contribution in [1.29, 1.82) is 0 Å². The highest BCUT2D eigenvalue weighted by molar-refractivity contribution is 5.91. The summed E-state index contributed by atoms with van der Waals surface area (Å²) in [5, 5.41) is 13.4. The number of anilines is 1. The minimum Gasteiger partial charge on any atom is -0.426 e. The summed E-state index contributed by atoms with van der Waals surface area (Å²) in [6.45, 7) is 5.00. The molecule has 28 heavy (non-hydrogen) atoms. The first-order valence-corrected chi connectivity index (χ1v) is 9.91. The Kier molecular flexibility index (Phi) is 5.30. The number of rotatable bonds is 5. The lowest BCUT2D eigenvalue weighted by Gasteiger charge is -2.25. The molecule has 0 unspecified atom stereocenters. The molecule has 0 aliphatic carbocycles. The SMILES string of the molecule is Cc1ccc2nc(-c3ccc(NC(=O)CCN4CCCCC4)cc3)n(O)c2c1. The van der Waals surface area contributed by atoms with Gasteiger partial charge >= 0.3 is 0 Å². The van der Waals surface area contributed by atoms with E-state index in [4.69, 9.17) is 0 Å². The van der Waals surface area contributed by atoms with Crippen molar-refractivity contribution in [1.82, 2.24) is 14.6 Å². The molecule has 0 saturated carbocycles. The third kappa shape index (κ3) is 4.02. The molecule has 0 spiro atoms. The molecule has 0 atom stereocenters. The Hall–Kier alpha value is -2.86. The Balaban J connectivity index is 1.41. The number of aromatic nitrogens is 2. The monoisotopic (exact) mass is 378 g/mol. The summed E-state index contributed by atoms with van der Waals surface area (Å²) in [6, 6.07) is 13.2. The van der Waals surface area contributed by atoms with E-state index in [1.165, 1.54) is 19.3 Å². The second-order valence-electron chi connectivity index (χ2n) is 7.52. The average Bonchev–Trinajstić information content (AvgIpc) is 3.04. The quantitative estimate of drug-likeness (QED) is 0.657. The highest BCUT2D eigenvalue weighted by atomic mass is 16.5. The summed E-state index contributed by atoms with van der Waals surface area (Å²) in [7, 11) is 0. The number of aryl methyl sites for hydroxylation is 1. The van der Waals surface area contributed by atoms with Gasteiger partial charge in [-0.3, -0.25) is 4.79 Å². The highest BCUT2D eigenvalue weighted by Crippen LogP contribution is 2.25. The largest absolute Gasteiger partial charge is 0.426 e. The predicted octanol–water partition coefficient (Wildman–Crippen LogP) is 4.06. The first-order chi connectivity index (χ1) is 13.6. The molecule has 1 fully saturated rings. The summed E-state index contributed by atoms with van der Waals surface area (Å²) in [6.07, 6.45) is 4.28. The van der Waals surface area contributed by atoms with Gasteiger partial charge in [0.05, 0.1) is 5.52 Å². The zero-order valence-electron chi connectivity index (χ0n) is 16.2. The van der Waals surface area contributed by atoms with Gasteiger partial charge in [-0.1, -0.05) is 12.5 Å². The van der Waals surface area contributed by atoms with Crippen LogP contribution in [0.3, 0.4) is 0 Å². The lowest BCUT2D eigenvalue weighted by Crippen LogP contribution is -2.32. The van der Waals surface area contributed by atoms with Gasteiger partial charge in [-0.25, -0.2) is 4.98 Å². The van der Waals surface area contributed by atoms with Crippen LogP contribution in [0.2, 0.25) is 0 Å². The van der Waals surface area contributed by atoms with Crippen LogP contribution in [0.15, 0.2) is 42.5 Å². The van der Waals surface area contributed by atoms with Crippen LogP contribution in [-0.2, 0) is 4.79 Å². The number of likely N-dealkylation sites (tertiary alicyclic amines) is 1. The normalized spacial score (nSPS) is 15.0. The van der Waals surface area contributed by atoms with Crippen molar-refractivity contribution in [2.45, 2.75) is 32.6 Å². The van der Waals surface area contributed by atoms with Crippen LogP contribution in [0.1, 0.15) is 31.2 Å². The molecular weight excluding hydrogens is 352 g/mol. The van der Waals surface area contributed by atoms with E-state index in [9.17, 15) is 10.0 Å². The van der Waals surface area contributed by atoms with Gasteiger partial charge in [0, 0.05) is 24.2 Å². The van der Waals surface area contributed by atoms with Gasteiger partial charge in [0.15, 0.2) is 5.82 Å². The van der Waals surface area contributed by atoms with Crippen molar-refractivity contribution >= 4 is 22.6 Å². The Bertz CT molecular complexity index is 972. The lowest BCUT2D eigenvalue weighted by atomic mass is 10.1. The standard InChI is InChI=1S/C22H26N4O2/c1-16-5-10-19-20(15-16)26(28)22(24-19)17-6-8-18(9-7-17)23-21(27)11-14-25-12-3-2-4-13-25/h5-10,15,28H,2-4,11-14H2,1H3,(H,23,27). The van der Waals surface area contributed by atoms with Gasteiger partial charge in [-0.2, -0.15) is 4.73 Å². The van der Waals surface area contributed by atoms with Crippen LogP contribution in [-0.4, -0.2) is 45.4 Å². The van der Waals surface area contributed by atoms with E-state index < -0.39 is 0 Å². The molecule has 4 rings (SSSR count). The van der Waals surface area contributed by atoms with Crippen molar-refractivity contribution < 1.29 is 10.0 Å². The molecule has 2 aromatic carbocycles. The van der Waals surface area contributed by atoms with E-state index in [-0.39, 0.29) is 5.91 Å². The van der Waals surface area contributed by atoms with E-state index in [2.05, 4.69) is 15.2 Å². The maximum Gasteiger partial charge on any atom is 0.225 e. The number of hydrogen-bond donors (Lipinski definition) is 2. The Morgan fingerprint density at radius 3 is 2.61 bits per heavy atom. The maximum absolute atomic E-state index is 12.2. The molecule has 146 valence electrons. The summed E-state index contributed by atoms with van der Waals surface area (Å²) >= 11 is 0. The molecular formula is C22H26N4O2. The van der Waals surface area contributed by atoms with Crippen LogP contribution < -0.4 is 5.32 Å². The van der Waals surface area contributed by atoms with Crippen molar-refractivity contribution in [3.05, 3.63) is 48.0 Å². The number of nitrogens with zero attached hydrogens (tertiary/aromatic N) is 3. The molecule has 0 radical (unpaired) electrons. The zero-order chi connectivity index (χ0) is 19.5. The fraction of sp³-hybridized carbons (Fsp3) is 0.364. The number of amides is 1. The number of carbonyl (C=O) groups is 1. The van der Waals surface area contributed by atoms with Crippen LogP contribution in [0.25, 0.3) is 22.4 Å². The summed E-state index contributed by atoms with van der Waals surface area (Å²) < 4.78 is 1.12. The van der Waals surface area contributed by atoms with Crippen LogP contribution in [0.5, 0.6) is 0 Å². The lowest BCUT2D eigenvalue weighted by molar-refractivity contribution is -0.116. The zero-order valence-corrected chi connectivity index (χ0v) is 16.2. The number of hydrogen-bond acceptors (Lipinski definition) is 4.